The van der Waals surface area contributed by atoms with Crippen LogP contribution in [-0.4, -0.2) is 17.9 Å². The molecule has 2 aliphatic rings. The van der Waals surface area contributed by atoms with Crippen LogP contribution in [0.15, 0.2) is 47.1 Å². The number of furan rings is 1. The van der Waals surface area contributed by atoms with Gasteiger partial charge in [0, 0.05) is 12.5 Å². The number of likely N-dealkylation sites (tertiary alicyclic amines) is 1. The third-order valence-corrected chi connectivity index (χ3v) is 4.53. The molecule has 1 aromatic carbocycles. The van der Waals surface area contributed by atoms with E-state index >= 15 is 0 Å². The first kappa shape index (κ1) is 12.5. The van der Waals surface area contributed by atoms with Crippen molar-refractivity contribution in [2.75, 3.05) is 7.11 Å². The van der Waals surface area contributed by atoms with E-state index in [1.807, 2.05) is 41.3 Å². The van der Waals surface area contributed by atoms with E-state index in [1.54, 1.807) is 13.4 Å². The monoisotopic (exact) mass is 283 g/mol. The second kappa shape index (κ2) is 4.65. The first-order valence-corrected chi connectivity index (χ1v) is 7.25. The largest absolute Gasteiger partial charge is 0.497 e. The van der Waals surface area contributed by atoms with Crippen molar-refractivity contribution < 1.29 is 13.9 Å². The minimum Gasteiger partial charge on any atom is -0.497 e. The molecule has 0 N–H and O–H groups in total. The maximum absolute atomic E-state index is 12.4. The molecule has 1 saturated carbocycles. The second-order valence-corrected chi connectivity index (χ2v) is 5.78. The third kappa shape index (κ3) is 2.02. The summed E-state index contributed by atoms with van der Waals surface area (Å²) >= 11 is 0. The summed E-state index contributed by atoms with van der Waals surface area (Å²) in [4.78, 5) is 14.4. The van der Waals surface area contributed by atoms with Crippen LogP contribution in [0.5, 0.6) is 5.75 Å². The van der Waals surface area contributed by atoms with E-state index in [9.17, 15) is 4.79 Å². The molecule has 0 bridgehead atoms. The standard InChI is InChI=1S/C17H17NO3/c1-20-12-6-4-11(5-7-12)10-18-16(15-3-2-8-21-15)13-9-14(13)17(18)19/h2-8,13-14,16H,9-10H2,1H3. The molecule has 3 atom stereocenters. The fourth-order valence-electron chi connectivity index (χ4n) is 3.36. The molecule has 4 heteroatoms. The minimum atomic E-state index is 0.0969. The van der Waals surface area contributed by atoms with Crippen molar-refractivity contribution in [2.45, 2.75) is 19.0 Å². The molecule has 4 nitrogen and oxygen atoms in total. The quantitative estimate of drug-likeness (QED) is 0.866. The van der Waals surface area contributed by atoms with Crippen molar-refractivity contribution in [3.05, 3.63) is 54.0 Å². The molecule has 2 heterocycles. The Morgan fingerprint density at radius 2 is 2.10 bits per heavy atom. The van der Waals surface area contributed by atoms with Gasteiger partial charge in [0.15, 0.2) is 0 Å². The van der Waals surface area contributed by atoms with Crippen LogP contribution in [-0.2, 0) is 11.3 Å². The van der Waals surface area contributed by atoms with Crippen LogP contribution in [0.1, 0.15) is 23.8 Å². The van der Waals surface area contributed by atoms with Crippen LogP contribution in [0, 0.1) is 11.8 Å². The number of nitrogens with zero attached hydrogens (tertiary/aromatic N) is 1. The van der Waals surface area contributed by atoms with Gasteiger partial charge >= 0.3 is 0 Å². The van der Waals surface area contributed by atoms with Crippen molar-refractivity contribution in [1.82, 2.24) is 4.90 Å². The second-order valence-electron chi connectivity index (χ2n) is 5.78. The van der Waals surface area contributed by atoms with E-state index in [-0.39, 0.29) is 17.9 Å². The van der Waals surface area contributed by atoms with Gasteiger partial charge in [-0.25, -0.2) is 0 Å². The van der Waals surface area contributed by atoms with Gasteiger partial charge in [-0.2, -0.15) is 0 Å². The number of carbonyl (C=O) groups excluding carboxylic acids is 1. The Labute approximate surface area is 123 Å². The molecule has 0 spiro atoms. The number of fused-ring (bicyclic) bond motifs is 1. The van der Waals surface area contributed by atoms with Crippen LogP contribution in [0.3, 0.4) is 0 Å². The van der Waals surface area contributed by atoms with Gasteiger partial charge in [-0.05, 0) is 42.2 Å². The zero-order chi connectivity index (χ0) is 14.4. The summed E-state index contributed by atoms with van der Waals surface area (Å²) in [6.45, 7) is 0.626. The summed E-state index contributed by atoms with van der Waals surface area (Å²) in [5.74, 6) is 2.64. The van der Waals surface area contributed by atoms with E-state index < -0.39 is 0 Å². The average molecular weight is 283 g/mol. The van der Waals surface area contributed by atoms with Crippen molar-refractivity contribution in [1.29, 1.82) is 0 Å². The molecule has 1 aliphatic heterocycles. The number of hydrogen-bond acceptors (Lipinski definition) is 3. The number of piperidine rings is 1. The lowest BCUT2D eigenvalue weighted by Crippen LogP contribution is -2.30. The predicted octanol–water partition coefficient (Wildman–Crippen LogP) is 3.01. The minimum absolute atomic E-state index is 0.0969. The lowest BCUT2D eigenvalue weighted by Gasteiger charge is -2.26. The Hall–Kier alpha value is -2.23. The molecular formula is C17H17NO3. The van der Waals surface area contributed by atoms with E-state index in [0.29, 0.717) is 12.5 Å². The maximum atomic E-state index is 12.4. The molecule has 4 rings (SSSR count). The van der Waals surface area contributed by atoms with E-state index in [1.165, 1.54) is 0 Å². The van der Waals surface area contributed by atoms with Gasteiger partial charge < -0.3 is 14.1 Å². The van der Waals surface area contributed by atoms with Crippen LogP contribution in [0.2, 0.25) is 0 Å². The average Bonchev–Trinajstić information content (AvgIpc) is 3.00. The summed E-state index contributed by atoms with van der Waals surface area (Å²) in [5.41, 5.74) is 1.11. The van der Waals surface area contributed by atoms with Gasteiger partial charge in [0.25, 0.3) is 0 Å². The van der Waals surface area contributed by atoms with Gasteiger partial charge in [-0.1, -0.05) is 12.1 Å². The lowest BCUT2D eigenvalue weighted by atomic mass is 10.1. The fraction of sp³-hybridized carbons (Fsp3) is 0.353. The highest BCUT2D eigenvalue weighted by molar-refractivity contribution is 5.85. The summed E-state index contributed by atoms with van der Waals surface area (Å²) in [5, 5.41) is 0. The Balaban J connectivity index is 1.58. The molecule has 1 aliphatic carbocycles. The van der Waals surface area contributed by atoms with Crippen LogP contribution < -0.4 is 4.74 Å². The molecular weight excluding hydrogens is 266 g/mol. The van der Waals surface area contributed by atoms with Gasteiger partial charge in [0.05, 0.1) is 19.4 Å². The molecule has 1 amide bonds. The van der Waals surface area contributed by atoms with Crippen LogP contribution in [0.25, 0.3) is 0 Å². The lowest BCUT2D eigenvalue weighted by molar-refractivity contribution is -0.132. The zero-order valence-electron chi connectivity index (χ0n) is 11.9. The summed E-state index contributed by atoms with van der Waals surface area (Å²) in [6.07, 6.45) is 2.68. The highest BCUT2D eigenvalue weighted by Gasteiger charge is 2.59. The van der Waals surface area contributed by atoms with Gasteiger partial charge in [-0.15, -0.1) is 0 Å². The topological polar surface area (TPSA) is 42.7 Å². The number of benzene rings is 1. The van der Waals surface area contributed by atoms with Crippen molar-refractivity contribution in [3.63, 3.8) is 0 Å². The highest BCUT2D eigenvalue weighted by atomic mass is 16.5. The zero-order valence-corrected chi connectivity index (χ0v) is 11.9. The predicted molar refractivity (Wildman–Crippen MR) is 76.6 cm³/mol. The number of amides is 1. The molecule has 1 aromatic heterocycles. The van der Waals surface area contributed by atoms with Crippen molar-refractivity contribution in [3.8, 4) is 5.75 Å². The molecule has 2 fully saturated rings. The van der Waals surface area contributed by atoms with E-state index in [0.717, 1.165) is 23.5 Å². The number of rotatable bonds is 4. The van der Waals surface area contributed by atoms with Crippen LogP contribution in [0.4, 0.5) is 0 Å². The molecule has 0 radical (unpaired) electrons. The van der Waals surface area contributed by atoms with Crippen molar-refractivity contribution in [2.24, 2.45) is 11.8 Å². The normalized spacial score (nSPS) is 26.8. The maximum Gasteiger partial charge on any atom is 0.227 e. The fourth-order valence-corrected chi connectivity index (χ4v) is 3.36. The van der Waals surface area contributed by atoms with Crippen molar-refractivity contribution >= 4 is 5.91 Å². The summed E-state index contributed by atoms with van der Waals surface area (Å²) < 4.78 is 10.7. The first-order chi connectivity index (χ1) is 10.3. The molecule has 108 valence electrons. The number of ether oxygens (including phenoxy) is 1. The Morgan fingerprint density at radius 3 is 2.76 bits per heavy atom. The smallest absolute Gasteiger partial charge is 0.227 e. The third-order valence-electron chi connectivity index (χ3n) is 4.53. The Bertz CT molecular complexity index is 647. The SMILES string of the molecule is COc1ccc(CN2C(=O)C3CC3C2c2ccco2)cc1. The number of methoxy groups -OCH3 is 1. The first-order valence-electron chi connectivity index (χ1n) is 7.25. The molecule has 3 unspecified atom stereocenters. The highest BCUT2D eigenvalue weighted by Crippen LogP contribution is 2.57. The number of hydrogen-bond donors (Lipinski definition) is 0. The Morgan fingerprint density at radius 1 is 1.29 bits per heavy atom. The summed E-state index contributed by atoms with van der Waals surface area (Å²) in [6, 6.07) is 11.8. The van der Waals surface area contributed by atoms with E-state index in [4.69, 9.17) is 9.15 Å². The Kier molecular flexibility index (Phi) is 2.77. The molecule has 2 aromatic rings. The van der Waals surface area contributed by atoms with Gasteiger partial charge in [0.2, 0.25) is 5.91 Å². The molecule has 1 saturated heterocycles. The number of carbonyl (C=O) groups is 1. The van der Waals surface area contributed by atoms with E-state index in [2.05, 4.69) is 0 Å². The van der Waals surface area contributed by atoms with Gasteiger partial charge in [0.1, 0.15) is 11.5 Å². The van der Waals surface area contributed by atoms with Gasteiger partial charge in [-0.3, -0.25) is 4.79 Å². The summed E-state index contributed by atoms with van der Waals surface area (Å²) in [7, 11) is 1.65. The van der Waals surface area contributed by atoms with Crippen LogP contribution >= 0.6 is 0 Å². The molecule has 21 heavy (non-hydrogen) atoms.